The molecule has 1 saturated heterocycles. The molecule has 5 nitrogen and oxygen atoms in total. The maximum absolute atomic E-state index is 9.74. The Kier molecular flexibility index (Phi) is 3.36. The largest absolute Gasteiger partial charge is 0.349 e. The quantitative estimate of drug-likeness (QED) is 0.809. The van der Waals surface area contributed by atoms with Gasteiger partial charge in [0, 0.05) is 49.7 Å². The highest BCUT2D eigenvalue weighted by molar-refractivity contribution is 5.61. The molecule has 0 aliphatic carbocycles. The third-order valence-electron chi connectivity index (χ3n) is 5.03. The van der Waals surface area contributed by atoms with Crippen LogP contribution in [0.15, 0.2) is 48.8 Å². The minimum Gasteiger partial charge on any atom is -0.349 e. The zero-order valence-corrected chi connectivity index (χ0v) is 13.3. The maximum atomic E-state index is 9.74. The summed E-state index contributed by atoms with van der Waals surface area (Å²) in [5, 5.41) is 19.5. The Morgan fingerprint density at radius 2 is 1.79 bits per heavy atom. The third-order valence-corrected chi connectivity index (χ3v) is 5.03. The van der Waals surface area contributed by atoms with E-state index in [-0.39, 0.29) is 6.17 Å². The molecule has 1 fully saturated rings. The van der Waals surface area contributed by atoms with Crippen LogP contribution in [0.5, 0.6) is 0 Å². The van der Waals surface area contributed by atoms with Crippen molar-refractivity contribution in [2.75, 3.05) is 22.9 Å². The number of nitriles is 2. The second-order valence-corrected chi connectivity index (χ2v) is 6.39. The van der Waals surface area contributed by atoms with Gasteiger partial charge >= 0.3 is 0 Å². The summed E-state index contributed by atoms with van der Waals surface area (Å²) < 4.78 is 0. The molecule has 1 aromatic carbocycles. The molecule has 4 rings (SSSR count). The molecule has 2 aromatic rings. The Morgan fingerprint density at radius 3 is 2.54 bits per heavy atom. The predicted octanol–water partition coefficient (Wildman–Crippen LogP) is 2.71. The Morgan fingerprint density at radius 1 is 1.04 bits per heavy atom. The highest BCUT2D eigenvalue weighted by Gasteiger charge is 2.45. The lowest BCUT2D eigenvalue weighted by atomic mass is 9.81. The van der Waals surface area contributed by atoms with Crippen LogP contribution in [0.1, 0.15) is 12.0 Å². The van der Waals surface area contributed by atoms with Crippen LogP contribution in [0.25, 0.3) is 0 Å². The Bertz CT molecular complexity index is 819. The van der Waals surface area contributed by atoms with Crippen molar-refractivity contribution in [2.45, 2.75) is 19.0 Å². The van der Waals surface area contributed by atoms with Crippen molar-refractivity contribution < 1.29 is 0 Å². The second-order valence-electron chi connectivity index (χ2n) is 6.39. The van der Waals surface area contributed by atoms with E-state index in [4.69, 9.17) is 0 Å². The van der Waals surface area contributed by atoms with Crippen molar-refractivity contribution in [1.82, 2.24) is 4.98 Å². The normalized spacial score (nSPS) is 21.2. The van der Waals surface area contributed by atoms with Crippen LogP contribution >= 0.6 is 0 Å². The van der Waals surface area contributed by atoms with Gasteiger partial charge in [0.05, 0.1) is 12.1 Å². The van der Waals surface area contributed by atoms with Crippen molar-refractivity contribution in [3.05, 3.63) is 54.4 Å². The minimum absolute atomic E-state index is 0.00958. The molecule has 0 spiro atoms. The zero-order chi connectivity index (χ0) is 16.6. The number of anilines is 2. The number of rotatable bonds is 1. The second kappa shape index (κ2) is 5.54. The van der Waals surface area contributed by atoms with E-state index in [1.807, 2.05) is 24.3 Å². The molecule has 118 valence electrons. The molecule has 0 radical (unpaired) electrons. The minimum atomic E-state index is -1.02. The van der Waals surface area contributed by atoms with Gasteiger partial charge in [0.1, 0.15) is 6.17 Å². The average Bonchev–Trinajstić information content (AvgIpc) is 2.99. The van der Waals surface area contributed by atoms with Crippen LogP contribution in [0.4, 0.5) is 11.4 Å². The van der Waals surface area contributed by atoms with Crippen LogP contribution in [0.3, 0.4) is 0 Å². The van der Waals surface area contributed by atoms with E-state index < -0.39 is 5.41 Å². The molecule has 1 atom stereocenters. The molecule has 0 bridgehead atoms. The molecule has 0 N–H and O–H groups in total. The standard InChI is InChI=1S/C19H17N5/c20-13-19(14-21)10-15-12-22-7-6-17(15)24-9-8-23(18(24)11-19)16-4-2-1-3-5-16/h1-7,12,18H,8-11H2. The summed E-state index contributed by atoms with van der Waals surface area (Å²) in [4.78, 5) is 8.83. The van der Waals surface area contributed by atoms with Gasteiger partial charge in [-0.2, -0.15) is 10.5 Å². The number of hydrogen-bond donors (Lipinski definition) is 0. The molecule has 24 heavy (non-hydrogen) atoms. The van der Waals surface area contributed by atoms with Crippen LogP contribution in [0.2, 0.25) is 0 Å². The highest BCUT2D eigenvalue weighted by Crippen LogP contribution is 2.42. The molecule has 0 amide bonds. The molecule has 1 aromatic heterocycles. The lowest BCUT2D eigenvalue weighted by Gasteiger charge is -2.33. The van der Waals surface area contributed by atoms with E-state index in [1.54, 1.807) is 12.4 Å². The van der Waals surface area contributed by atoms with Gasteiger partial charge in [-0.1, -0.05) is 18.2 Å². The Hall–Kier alpha value is -3.05. The number of nitrogens with zero attached hydrogens (tertiary/aromatic N) is 5. The van der Waals surface area contributed by atoms with Gasteiger partial charge in [-0.3, -0.25) is 4.98 Å². The van der Waals surface area contributed by atoms with E-state index in [0.29, 0.717) is 12.8 Å². The summed E-state index contributed by atoms with van der Waals surface area (Å²) in [6, 6.07) is 16.8. The van der Waals surface area contributed by atoms with Crippen molar-refractivity contribution >= 4 is 11.4 Å². The molecule has 2 aliphatic rings. The summed E-state index contributed by atoms with van der Waals surface area (Å²) in [7, 11) is 0. The first-order valence-electron chi connectivity index (χ1n) is 8.10. The molecule has 5 heteroatoms. The van der Waals surface area contributed by atoms with E-state index in [0.717, 1.165) is 30.0 Å². The summed E-state index contributed by atoms with van der Waals surface area (Å²) >= 11 is 0. The fraction of sp³-hybridized carbons (Fsp3) is 0.316. The third kappa shape index (κ3) is 2.18. The number of benzene rings is 1. The highest BCUT2D eigenvalue weighted by atomic mass is 15.4. The lowest BCUT2D eigenvalue weighted by Crippen LogP contribution is -2.41. The maximum Gasteiger partial charge on any atom is 0.151 e. The van der Waals surface area contributed by atoms with Crippen LogP contribution in [0, 0.1) is 28.1 Å². The zero-order valence-electron chi connectivity index (χ0n) is 13.3. The van der Waals surface area contributed by atoms with Gasteiger partial charge in [-0.25, -0.2) is 0 Å². The van der Waals surface area contributed by atoms with Crippen molar-refractivity contribution in [2.24, 2.45) is 5.41 Å². The molecule has 2 aliphatic heterocycles. The molecule has 1 unspecified atom stereocenters. The lowest BCUT2D eigenvalue weighted by molar-refractivity contribution is 0.432. The van der Waals surface area contributed by atoms with Crippen LogP contribution in [-0.4, -0.2) is 24.2 Å². The number of pyridine rings is 1. The number of para-hydroxylation sites is 1. The predicted molar refractivity (Wildman–Crippen MR) is 91.1 cm³/mol. The van der Waals surface area contributed by atoms with E-state index in [1.165, 1.54) is 0 Å². The van der Waals surface area contributed by atoms with Gasteiger partial charge < -0.3 is 9.80 Å². The monoisotopic (exact) mass is 315 g/mol. The first-order valence-corrected chi connectivity index (χ1v) is 8.10. The number of fused-ring (bicyclic) bond motifs is 3. The molecular formula is C19H17N5. The summed E-state index contributed by atoms with van der Waals surface area (Å²) in [5.41, 5.74) is 2.19. The van der Waals surface area contributed by atoms with E-state index in [2.05, 4.69) is 39.1 Å². The summed E-state index contributed by atoms with van der Waals surface area (Å²) in [5.74, 6) is 0. The van der Waals surface area contributed by atoms with Crippen LogP contribution < -0.4 is 9.80 Å². The fourth-order valence-corrected chi connectivity index (χ4v) is 3.84. The molecular weight excluding hydrogens is 298 g/mol. The first kappa shape index (κ1) is 14.5. The van der Waals surface area contributed by atoms with Gasteiger partial charge in [-0.05, 0) is 23.8 Å². The summed E-state index contributed by atoms with van der Waals surface area (Å²) in [6.45, 7) is 1.76. The average molecular weight is 315 g/mol. The van der Waals surface area contributed by atoms with E-state index in [9.17, 15) is 10.5 Å². The van der Waals surface area contributed by atoms with Crippen molar-refractivity contribution in [3.63, 3.8) is 0 Å². The smallest absolute Gasteiger partial charge is 0.151 e. The Balaban J connectivity index is 1.82. The summed E-state index contributed by atoms with van der Waals surface area (Å²) in [6.07, 6.45) is 4.52. The van der Waals surface area contributed by atoms with Crippen molar-refractivity contribution in [1.29, 1.82) is 10.5 Å². The van der Waals surface area contributed by atoms with Gasteiger partial charge in [0.25, 0.3) is 0 Å². The van der Waals surface area contributed by atoms with Gasteiger partial charge in [0.2, 0.25) is 0 Å². The van der Waals surface area contributed by atoms with Crippen molar-refractivity contribution in [3.8, 4) is 12.1 Å². The van der Waals surface area contributed by atoms with Crippen LogP contribution in [-0.2, 0) is 6.42 Å². The number of aromatic nitrogens is 1. The number of hydrogen-bond acceptors (Lipinski definition) is 5. The Labute approximate surface area is 141 Å². The van der Waals surface area contributed by atoms with E-state index >= 15 is 0 Å². The topological polar surface area (TPSA) is 67.0 Å². The molecule has 0 saturated carbocycles. The van der Waals surface area contributed by atoms with Gasteiger partial charge in [-0.15, -0.1) is 0 Å². The SMILES string of the molecule is N#CC1(C#N)Cc2cnccc2N2CCN(c3ccccc3)C2C1. The molecule has 3 heterocycles. The fourth-order valence-electron chi connectivity index (χ4n) is 3.84. The van der Waals surface area contributed by atoms with Gasteiger partial charge in [0.15, 0.2) is 5.41 Å². The first-order chi connectivity index (χ1) is 11.8.